The van der Waals surface area contributed by atoms with Crippen molar-refractivity contribution in [2.24, 2.45) is 5.92 Å². The molecule has 6 heteroatoms. The Balaban J connectivity index is 1.58. The van der Waals surface area contributed by atoms with Gasteiger partial charge in [0.1, 0.15) is 17.8 Å². The van der Waals surface area contributed by atoms with E-state index in [1.165, 1.54) is 31.3 Å². The highest BCUT2D eigenvalue weighted by molar-refractivity contribution is 6.03. The molecule has 27 heavy (non-hydrogen) atoms. The van der Waals surface area contributed by atoms with Crippen molar-refractivity contribution < 1.29 is 4.79 Å². The van der Waals surface area contributed by atoms with E-state index in [-0.39, 0.29) is 5.91 Å². The average Bonchev–Trinajstić information content (AvgIpc) is 2.69. The lowest BCUT2D eigenvalue weighted by Gasteiger charge is -2.28. The van der Waals surface area contributed by atoms with Crippen LogP contribution in [0.25, 0.3) is 0 Å². The Morgan fingerprint density at radius 1 is 1.11 bits per heavy atom. The number of nitrogens with one attached hydrogen (secondary N) is 2. The van der Waals surface area contributed by atoms with Crippen molar-refractivity contribution >= 4 is 23.1 Å². The number of carbonyl (C=O) groups is 1. The summed E-state index contributed by atoms with van der Waals surface area (Å²) in [6.45, 7) is 7.40. The number of benzene rings is 1. The number of aromatic nitrogens is 2. The zero-order valence-corrected chi connectivity index (χ0v) is 16.2. The Labute approximate surface area is 161 Å². The molecule has 1 aliphatic heterocycles. The van der Waals surface area contributed by atoms with Gasteiger partial charge in [0.25, 0.3) is 5.91 Å². The first-order valence-electron chi connectivity index (χ1n) is 9.84. The van der Waals surface area contributed by atoms with Gasteiger partial charge in [-0.1, -0.05) is 13.8 Å². The van der Waals surface area contributed by atoms with Crippen LogP contribution >= 0.6 is 0 Å². The SMILES string of the molecule is CC(C)CCNc1cc(C(=O)Nc2ccc(N3CCCCC3)cc2)ncn1. The molecule has 0 aliphatic carbocycles. The van der Waals surface area contributed by atoms with Crippen LogP contribution < -0.4 is 15.5 Å². The van der Waals surface area contributed by atoms with E-state index in [9.17, 15) is 4.79 Å². The average molecular weight is 367 g/mol. The molecule has 2 aromatic rings. The summed E-state index contributed by atoms with van der Waals surface area (Å²) >= 11 is 0. The number of rotatable bonds is 7. The van der Waals surface area contributed by atoms with E-state index in [0.29, 0.717) is 17.4 Å². The quantitative estimate of drug-likeness (QED) is 0.768. The normalized spacial score (nSPS) is 14.3. The molecule has 1 fully saturated rings. The van der Waals surface area contributed by atoms with Gasteiger partial charge >= 0.3 is 0 Å². The van der Waals surface area contributed by atoms with Gasteiger partial charge in [0, 0.05) is 37.1 Å². The maximum atomic E-state index is 12.5. The highest BCUT2D eigenvalue weighted by atomic mass is 16.1. The van der Waals surface area contributed by atoms with Crippen LogP contribution in [0, 0.1) is 5.92 Å². The molecule has 2 N–H and O–H groups in total. The first kappa shape index (κ1) is 19.1. The molecule has 0 unspecified atom stereocenters. The minimum atomic E-state index is -0.227. The Bertz CT molecular complexity index is 738. The summed E-state index contributed by atoms with van der Waals surface area (Å²) < 4.78 is 0. The van der Waals surface area contributed by atoms with Crippen LogP contribution in [0.5, 0.6) is 0 Å². The van der Waals surface area contributed by atoms with Crippen molar-refractivity contribution in [3.8, 4) is 0 Å². The molecule has 0 bridgehead atoms. The van der Waals surface area contributed by atoms with Crippen LogP contribution in [0.1, 0.15) is 50.0 Å². The van der Waals surface area contributed by atoms with Gasteiger partial charge in [0.05, 0.1) is 0 Å². The Morgan fingerprint density at radius 2 is 1.85 bits per heavy atom. The summed E-state index contributed by atoms with van der Waals surface area (Å²) in [5, 5.41) is 6.16. The summed E-state index contributed by atoms with van der Waals surface area (Å²) in [6.07, 6.45) is 6.29. The zero-order valence-electron chi connectivity index (χ0n) is 16.2. The van der Waals surface area contributed by atoms with Crippen LogP contribution in [0.15, 0.2) is 36.7 Å². The summed E-state index contributed by atoms with van der Waals surface area (Å²) in [5.74, 6) is 1.07. The van der Waals surface area contributed by atoms with Crippen molar-refractivity contribution in [1.82, 2.24) is 9.97 Å². The molecular weight excluding hydrogens is 338 g/mol. The molecule has 0 saturated carbocycles. The molecule has 0 spiro atoms. The Morgan fingerprint density at radius 3 is 2.56 bits per heavy atom. The number of anilines is 3. The van der Waals surface area contributed by atoms with Gasteiger partial charge in [0.15, 0.2) is 0 Å². The number of hydrogen-bond acceptors (Lipinski definition) is 5. The minimum absolute atomic E-state index is 0.227. The number of amides is 1. The summed E-state index contributed by atoms with van der Waals surface area (Å²) in [5.41, 5.74) is 2.34. The van der Waals surface area contributed by atoms with Crippen LogP contribution in [-0.4, -0.2) is 35.5 Å². The van der Waals surface area contributed by atoms with Gasteiger partial charge < -0.3 is 15.5 Å². The summed E-state index contributed by atoms with van der Waals surface area (Å²) in [6, 6.07) is 9.73. The third-order valence-electron chi connectivity index (χ3n) is 4.77. The molecule has 6 nitrogen and oxygen atoms in total. The topological polar surface area (TPSA) is 70.2 Å². The third-order valence-corrected chi connectivity index (χ3v) is 4.77. The van der Waals surface area contributed by atoms with Crippen LogP contribution in [0.4, 0.5) is 17.2 Å². The highest BCUT2D eigenvalue weighted by Crippen LogP contribution is 2.22. The van der Waals surface area contributed by atoms with Crippen LogP contribution in [0.2, 0.25) is 0 Å². The molecule has 144 valence electrons. The minimum Gasteiger partial charge on any atom is -0.372 e. The number of nitrogens with zero attached hydrogens (tertiary/aromatic N) is 3. The number of carbonyl (C=O) groups excluding carboxylic acids is 1. The van der Waals surface area contributed by atoms with Crippen molar-refractivity contribution in [3.05, 3.63) is 42.4 Å². The highest BCUT2D eigenvalue weighted by Gasteiger charge is 2.12. The summed E-state index contributed by atoms with van der Waals surface area (Å²) in [7, 11) is 0. The molecule has 1 aromatic heterocycles. The van der Waals surface area contributed by atoms with Gasteiger partial charge in [-0.05, 0) is 55.9 Å². The van der Waals surface area contributed by atoms with Crippen molar-refractivity contribution in [1.29, 1.82) is 0 Å². The lowest BCUT2D eigenvalue weighted by Crippen LogP contribution is -2.29. The molecule has 2 heterocycles. The van der Waals surface area contributed by atoms with E-state index in [0.717, 1.165) is 31.7 Å². The van der Waals surface area contributed by atoms with Crippen molar-refractivity contribution in [2.75, 3.05) is 35.2 Å². The van der Waals surface area contributed by atoms with E-state index >= 15 is 0 Å². The molecule has 3 rings (SSSR count). The Hall–Kier alpha value is -2.63. The number of hydrogen-bond donors (Lipinski definition) is 2. The monoisotopic (exact) mass is 367 g/mol. The molecule has 1 aliphatic rings. The van der Waals surface area contributed by atoms with Gasteiger partial charge in [0.2, 0.25) is 0 Å². The smallest absolute Gasteiger partial charge is 0.274 e. The van der Waals surface area contributed by atoms with Crippen LogP contribution in [0.3, 0.4) is 0 Å². The van der Waals surface area contributed by atoms with Crippen molar-refractivity contribution in [2.45, 2.75) is 39.5 Å². The van der Waals surface area contributed by atoms with Gasteiger partial charge in [-0.3, -0.25) is 4.79 Å². The molecule has 1 saturated heterocycles. The van der Waals surface area contributed by atoms with E-state index in [1.54, 1.807) is 6.07 Å². The molecular formula is C21H29N5O. The van der Waals surface area contributed by atoms with Gasteiger partial charge in [-0.2, -0.15) is 0 Å². The summed E-state index contributed by atoms with van der Waals surface area (Å²) in [4.78, 5) is 23.2. The lowest BCUT2D eigenvalue weighted by atomic mass is 10.1. The van der Waals surface area contributed by atoms with Crippen LogP contribution in [-0.2, 0) is 0 Å². The first-order chi connectivity index (χ1) is 13.1. The molecule has 0 atom stereocenters. The third kappa shape index (κ3) is 5.67. The standard InChI is InChI=1S/C21H29N5O/c1-16(2)10-11-22-20-14-19(23-15-24-20)21(27)25-17-6-8-18(9-7-17)26-12-4-3-5-13-26/h6-9,14-16H,3-5,10-13H2,1-2H3,(H,25,27)(H,22,23,24). The second kappa shape index (κ2) is 9.35. The van der Waals surface area contributed by atoms with E-state index in [2.05, 4.69) is 51.5 Å². The molecule has 1 aromatic carbocycles. The lowest BCUT2D eigenvalue weighted by molar-refractivity contribution is 0.102. The fraction of sp³-hybridized carbons (Fsp3) is 0.476. The number of piperidine rings is 1. The molecule has 1 amide bonds. The Kier molecular flexibility index (Phi) is 6.63. The largest absolute Gasteiger partial charge is 0.372 e. The van der Waals surface area contributed by atoms with E-state index < -0.39 is 0 Å². The maximum absolute atomic E-state index is 12.5. The second-order valence-corrected chi connectivity index (χ2v) is 7.45. The molecule has 0 radical (unpaired) electrons. The van der Waals surface area contributed by atoms with Gasteiger partial charge in [-0.25, -0.2) is 9.97 Å². The second-order valence-electron chi connectivity index (χ2n) is 7.45. The zero-order chi connectivity index (χ0) is 19.1. The van der Waals surface area contributed by atoms with Gasteiger partial charge in [-0.15, -0.1) is 0 Å². The van der Waals surface area contributed by atoms with Crippen molar-refractivity contribution in [3.63, 3.8) is 0 Å². The fourth-order valence-electron chi connectivity index (χ4n) is 3.17. The fourth-order valence-corrected chi connectivity index (χ4v) is 3.17. The first-order valence-corrected chi connectivity index (χ1v) is 9.84. The van der Waals surface area contributed by atoms with E-state index in [4.69, 9.17) is 0 Å². The predicted molar refractivity (Wildman–Crippen MR) is 110 cm³/mol. The predicted octanol–water partition coefficient (Wildman–Crippen LogP) is 4.18. The maximum Gasteiger partial charge on any atom is 0.274 e. The van der Waals surface area contributed by atoms with E-state index in [1.807, 2.05) is 12.1 Å².